The highest BCUT2D eigenvalue weighted by atomic mass is 16.5. The van der Waals surface area contributed by atoms with E-state index in [0.29, 0.717) is 0 Å². The summed E-state index contributed by atoms with van der Waals surface area (Å²) in [5, 5.41) is 3.34. The van der Waals surface area contributed by atoms with Gasteiger partial charge in [-0.05, 0) is 24.6 Å². The molecule has 0 atom stereocenters. The number of rotatable bonds is 7. The molecule has 1 rings (SSSR count). The van der Waals surface area contributed by atoms with Gasteiger partial charge in [0.2, 0.25) is 0 Å². The second kappa shape index (κ2) is 8.02. The average Bonchev–Trinajstić information content (AvgIpc) is 2.34. The normalized spacial score (nSPS) is 11.8. The monoisotopic (exact) mass is 220 g/mol. The Hall–Kier alpha value is -1.19. The fourth-order valence-corrected chi connectivity index (χ4v) is 1.37. The van der Waals surface area contributed by atoms with Gasteiger partial charge in [-0.25, -0.2) is 0 Å². The summed E-state index contributed by atoms with van der Waals surface area (Å²) in [4.78, 5) is 4.28. The first-order valence-corrected chi connectivity index (χ1v) is 5.67. The van der Waals surface area contributed by atoms with Crippen LogP contribution in [-0.2, 0) is 4.74 Å². The summed E-state index contributed by atoms with van der Waals surface area (Å²) < 4.78 is 4.98. The first-order chi connectivity index (χ1) is 7.86. The van der Waals surface area contributed by atoms with Crippen LogP contribution in [0.15, 0.2) is 30.0 Å². The minimum atomic E-state index is 0.751. The molecule has 0 aliphatic heterocycles. The van der Waals surface area contributed by atoms with E-state index in [2.05, 4.69) is 23.3 Å². The number of nitrogens with one attached hydrogen (secondary N) is 1. The maximum Gasteiger partial charge on any atom is 0.0629 e. The fourth-order valence-electron chi connectivity index (χ4n) is 1.37. The Bertz CT molecular complexity index is 309. The largest absolute Gasteiger partial charge is 0.383 e. The van der Waals surface area contributed by atoms with Crippen LogP contribution in [0.1, 0.15) is 19.0 Å². The average molecular weight is 220 g/mol. The third kappa shape index (κ3) is 5.05. The predicted octanol–water partition coefficient (Wildman–Crippen LogP) is 2.11. The molecule has 1 aromatic rings. The Morgan fingerprint density at radius 1 is 1.50 bits per heavy atom. The van der Waals surface area contributed by atoms with Crippen molar-refractivity contribution in [2.45, 2.75) is 13.3 Å². The van der Waals surface area contributed by atoms with Gasteiger partial charge < -0.3 is 10.1 Å². The van der Waals surface area contributed by atoms with Gasteiger partial charge in [0.05, 0.1) is 12.3 Å². The van der Waals surface area contributed by atoms with Crippen molar-refractivity contribution in [3.05, 3.63) is 35.7 Å². The highest BCUT2D eigenvalue weighted by Crippen LogP contribution is 2.06. The second-order valence-corrected chi connectivity index (χ2v) is 3.58. The van der Waals surface area contributed by atoms with Gasteiger partial charge in [-0.15, -0.1) is 0 Å². The van der Waals surface area contributed by atoms with Gasteiger partial charge in [-0.1, -0.05) is 18.6 Å². The molecule has 0 radical (unpaired) electrons. The van der Waals surface area contributed by atoms with E-state index in [1.165, 1.54) is 5.57 Å². The van der Waals surface area contributed by atoms with Crippen LogP contribution in [0.3, 0.4) is 0 Å². The quantitative estimate of drug-likeness (QED) is 0.715. The molecule has 0 amide bonds. The van der Waals surface area contributed by atoms with Crippen LogP contribution in [0.5, 0.6) is 0 Å². The Morgan fingerprint density at radius 2 is 2.38 bits per heavy atom. The van der Waals surface area contributed by atoms with Gasteiger partial charge in [0, 0.05) is 26.4 Å². The molecule has 0 bridgehead atoms. The molecule has 3 heteroatoms. The zero-order valence-corrected chi connectivity index (χ0v) is 10.1. The van der Waals surface area contributed by atoms with E-state index in [4.69, 9.17) is 4.74 Å². The summed E-state index contributed by atoms with van der Waals surface area (Å²) in [6.07, 6.45) is 4.99. The minimum absolute atomic E-state index is 0.751. The summed E-state index contributed by atoms with van der Waals surface area (Å²) in [6, 6.07) is 5.95. The molecule has 16 heavy (non-hydrogen) atoms. The van der Waals surface area contributed by atoms with Crippen LogP contribution >= 0.6 is 0 Å². The molecule has 88 valence electrons. The number of ether oxygens (including phenoxy) is 1. The number of nitrogens with zero attached hydrogens (tertiary/aromatic N) is 1. The maximum atomic E-state index is 4.98. The molecule has 0 saturated heterocycles. The van der Waals surface area contributed by atoms with Crippen LogP contribution in [0.2, 0.25) is 0 Å². The number of hydrogen-bond donors (Lipinski definition) is 1. The Labute approximate surface area is 97.5 Å². The second-order valence-electron chi connectivity index (χ2n) is 3.58. The SMILES string of the molecule is CCC(=Cc1ccccn1)CNCCOC. The lowest BCUT2D eigenvalue weighted by atomic mass is 10.1. The first kappa shape index (κ1) is 12.9. The van der Waals surface area contributed by atoms with E-state index < -0.39 is 0 Å². The van der Waals surface area contributed by atoms with Crippen molar-refractivity contribution in [2.75, 3.05) is 26.8 Å². The number of aromatic nitrogens is 1. The van der Waals surface area contributed by atoms with E-state index in [0.717, 1.165) is 31.8 Å². The summed E-state index contributed by atoms with van der Waals surface area (Å²) in [5.74, 6) is 0. The third-order valence-electron chi connectivity index (χ3n) is 2.33. The highest BCUT2D eigenvalue weighted by molar-refractivity contribution is 5.48. The van der Waals surface area contributed by atoms with Gasteiger partial charge in [0.15, 0.2) is 0 Å². The van der Waals surface area contributed by atoms with Crippen molar-refractivity contribution >= 4 is 6.08 Å². The molecule has 0 unspecified atom stereocenters. The Balaban J connectivity index is 2.44. The molecule has 0 saturated carbocycles. The molecular formula is C13H20N2O. The van der Waals surface area contributed by atoms with Crippen molar-refractivity contribution in [1.29, 1.82) is 0 Å². The van der Waals surface area contributed by atoms with Gasteiger partial charge in [-0.3, -0.25) is 4.98 Å². The molecule has 3 nitrogen and oxygen atoms in total. The summed E-state index contributed by atoms with van der Waals surface area (Å²) in [7, 11) is 1.71. The van der Waals surface area contributed by atoms with Gasteiger partial charge in [0.25, 0.3) is 0 Å². The topological polar surface area (TPSA) is 34.2 Å². The van der Waals surface area contributed by atoms with E-state index in [1.54, 1.807) is 7.11 Å². The first-order valence-electron chi connectivity index (χ1n) is 5.67. The molecule has 0 spiro atoms. The van der Waals surface area contributed by atoms with Gasteiger partial charge >= 0.3 is 0 Å². The van der Waals surface area contributed by atoms with Crippen molar-refractivity contribution in [2.24, 2.45) is 0 Å². The van der Waals surface area contributed by atoms with E-state index in [1.807, 2.05) is 24.4 Å². The summed E-state index contributed by atoms with van der Waals surface area (Å²) in [5.41, 5.74) is 2.38. The molecule has 0 aliphatic rings. The predicted molar refractivity (Wildman–Crippen MR) is 67.3 cm³/mol. The number of hydrogen-bond acceptors (Lipinski definition) is 3. The van der Waals surface area contributed by atoms with Crippen LogP contribution in [0.25, 0.3) is 6.08 Å². The summed E-state index contributed by atoms with van der Waals surface area (Å²) >= 11 is 0. The molecule has 0 aromatic carbocycles. The lowest BCUT2D eigenvalue weighted by Crippen LogP contribution is -2.21. The van der Waals surface area contributed by atoms with Crippen molar-refractivity contribution in [1.82, 2.24) is 10.3 Å². The minimum Gasteiger partial charge on any atom is -0.383 e. The lowest BCUT2D eigenvalue weighted by Gasteiger charge is -2.06. The van der Waals surface area contributed by atoms with E-state index >= 15 is 0 Å². The standard InChI is InChI=1S/C13H20N2O/c1-3-12(11-14-8-9-16-2)10-13-6-4-5-7-15-13/h4-7,10,14H,3,8-9,11H2,1-2H3. The molecular weight excluding hydrogens is 200 g/mol. The molecule has 0 aliphatic carbocycles. The van der Waals surface area contributed by atoms with Crippen LogP contribution in [0, 0.1) is 0 Å². The van der Waals surface area contributed by atoms with Crippen molar-refractivity contribution in [3.8, 4) is 0 Å². The van der Waals surface area contributed by atoms with Crippen LogP contribution in [0.4, 0.5) is 0 Å². The van der Waals surface area contributed by atoms with Crippen LogP contribution < -0.4 is 5.32 Å². The van der Waals surface area contributed by atoms with Crippen LogP contribution in [-0.4, -0.2) is 31.8 Å². The molecule has 1 N–H and O–H groups in total. The van der Waals surface area contributed by atoms with Gasteiger partial charge in [0.1, 0.15) is 0 Å². The Morgan fingerprint density at radius 3 is 3.00 bits per heavy atom. The van der Waals surface area contributed by atoms with Crippen molar-refractivity contribution in [3.63, 3.8) is 0 Å². The molecule has 1 heterocycles. The zero-order valence-electron chi connectivity index (χ0n) is 10.1. The smallest absolute Gasteiger partial charge is 0.0629 e. The van der Waals surface area contributed by atoms with Crippen molar-refractivity contribution < 1.29 is 4.74 Å². The number of pyridine rings is 1. The van der Waals surface area contributed by atoms with E-state index in [-0.39, 0.29) is 0 Å². The Kier molecular flexibility index (Phi) is 6.45. The van der Waals surface area contributed by atoms with E-state index in [9.17, 15) is 0 Å². The maximum absolute atomic E-state index is 4.98. The molecule has 0 fully saturated rings. The fraction of sp³-hybridized carbons (Fsp3) is 0.462. The van der Waals surface area contributed by atoms with Gasteiger partial charge in [-0.2, -0.15) is 0 Å². The summed E-state index contributed by atoms with van der Waals surface area (Å²) in [6.45, 7) is 4.69. The molecule has 1 aromatic heterocycles. The highest BCUT2D eigenvalue weighted by Gasteiger charge is 1.95. The zero-order chi connectivity index (χ0) is 11.6. The number of methoxy groups -OCH3 is 1. The lowest BCUT2D eigenvalue weighted by molar-refractivity contribution is 0.200. The third-order valence-corrected chi connectivity index (χ3v) is 2.33.